The molecule has 41 heavy (non-hydrogen) atoms. The smallest absolute Gasteiger partial charge is 0.442 e. The molecule has 0 radical (unpaired) electrons. The van der Waals surface area contributed by atoms with Gasteiger partial charge in [-0.25, -0.2) is 14.0 Å². The van der Waals surface area contributed by atoms with Crippen LogP contribution in [-0.2, 0) is 14.5 Å². The van der Waals surface area contributed by atoms with Gasteiger partial charge >= 0.3 is 6.09 Å². The van der Waals surface area contributed by atoms with Gasteiger partial charge in [-0.15, -0.1) is 4.36 Å². The standard InChI is InChI=1S/C29H39N7O4S/c1-5-39-24-12-10-22(11-13-24)26-21-31-28(33-27(26)30-14-15-36-18-16-35(3)17-19-36)32-23-8-7-9-25(20-23)41(4,38)34-29(37)40-6-2/h7-13,20-21H,5-6,14-19H2,1-4H3,(H2,30,31,32,33)/t41-/m0/s1. The van der Waals surface area contributed by atoms with Crippen LogP contribution in [-0.4, -0.2) is 95.9 Å². The second kappa shape index (κ2) is 14.2. The van der Waals surface area contributed by atoms with Crippen molar-refractivity contribution in [3.05, 3.63) is 54.7 Å². The fourth-order valence-corrected chi connectivity index (χ4v) is 5.49. The second-order valence-corrected chi connectivity index (χ2v) is 12.0. The molecule has 1 fully saturated rings. The molecule has 12 heteroatoms. The van der Waals surface area contributed by atoms with Crippen molar-refractivity contribution in [3.63, 3.8) is 0 Å². The quantitative estimate of drug-likeness (QED) is 0.333. The van der Waals surface area contributed by atoms with Gasteiger partial charge in [0.1, 0.15) is 11.6 Å². The lowest BCUT2D eigenvalue weighted by molar-refractivity contribution is 0.158. The summed E-state index contributed by atoms with van der Waals surface area (Å²) in [5.74, 6) is 1.89. The maximum Gasteiger partial charge on any atom is 0.442 e. The van der Waals surface area contributed by atoms with Crippen molar-refractivity contribution in [2.45, 2.75) is 18.7 Å². The number of nitrogens with zero attached hydrogens (tertiary/aromatic N) is 5. The van der Waals surface area contributed by atoms with Gasteiger partial charge in [0, 0.05) is 67.9 Å². The summed E-state index contributed by atoms with van der Waals surface area (Å²) in [4.78, 5) is 26.4. The summed E-state index contributed by atoms with van der Waals surface area (Å²) in [5.41, 5.74) is 2.46. The molecule has 1 amide bonds. The van der Waals surface area contributed by atoms with E-state index < -0.39 is 15.8 Å². The summed E-state index contributed by atoms with van der Waals surface area (Å²) >= 11 is 0. The van der Waals surface area contributed by atoms with Crippen molar-refractivity contribution in [1.82, 2.24) is 19.8 Å². The van der Waals surface area contributed by atoms with Gasteiger partial charge in [-0.3, -0.25) is 4.90 Å². The number of carbonyl (C=O) groups is 1. The van der Waals surface area contributed by atoms with Crippen LogP contribution in [0.4, 0.5) is 22.2 Å². The lowest BCUT2D eigenvalue weighted by Gasteiger charge is -2.32. The van der Waals surface area contributed by atoms with Crippen LogP contribution in [0.2, 0.25) is 0 Å². The van der Waals surface area contributed by atoms with E-state index >= 15 is 0 Å². The number of likely N-dealkylation sites (N-methyl/N-ethyl adjacent to an activating group) is 1. The first-order valence-corrected chi connectivity index (χ1v) is 15.7. The molecule has 3 aromatic rings. The maximum atomic E-state index is 13.1. The highest BCUT2D eigenvalue weighted by Gasteiger charge is 2.16. The molecule has 1 aromatic heterocycles. The number of hydrogen-bond donors (Lipinski definition) is 2. The molecule has 220 valence electrons. The average molecular weight is 582 g/mol. The Morgan fingerprint density at radius 3 is 2.54 bits per heavy atom. The van der Waals surface area contributed by atoms with Crippen LogP contribution in [0.25, 0.3) is 11.1 Å². The minimum Gasteiger partial charge on any atom is -0.494 e. The number of ether oxygens (including phenoxy) is 2. The zero-order valence-electron chi connectivity index (χ0n) is 24.1. The number of benzene rings is 2. The fraction of sp³-hybridized carbons (Fsp3) is 0.414. The fourth-order valence-electron chi connectivity index (χ4n) is 4.37. The minimum atomic E-state index is -2.99. The highest BCUT2D eigenvalue weighted by atomic mass is 32.2. The van der Waals surface area contributed by atoms with Gasteiger partial charge < -0.3 is 25.0 Å². The van der Waals surface area contributed by atoms with E-state index in [-0.39, 0.29) is 6.61 Å². The maximum absolute atomic E-state index is 13.1. The Morgan fingerprint density at radius 2 is 1.83 bits per heavy atom. The third-order valence-corrected chi connectivity index (χ3v) is 8.25. The van der Waals surface area contributed by atoms with Crippen LogP contribution in [0.5, 0.6) is 5.75 Å². The van der Waals surface area contributed by atoms with E-state index in [1.54, 1.807) is 31.3 Å². The Balaban J connectivity index is 1.56. The predicted octanol–water partition coefficient (Wildman–Crippen LogP) is 4.56. The molecule has 1 aliphatic rings. The molecule has 2 N–H and O–H groups in total. The Bertz CT molecular complexity index is 1430. The Hall–Kier alpha value is -3.74. The third-order valence-electron chi connectivity index (χ3n) is 6.63. The molecule has 0 unspecified atom stereocenters. The van der Waals surface area contributed by atoms with Gasteiger partial charge in [-0.05, 0) is 56.8 Å². The van der Waals surface area contributed by atoms with Crippen LogP contribution >= 0.6 is 0 Å². The van der Waals surface area contributed by atoms with E-state index in [4.69, 9.17) is 14.5 Å². The van der Waals surface area contributed by atoms with Gasteiger partial charge in [0.2, 0.25) is 5.95 Å². The molecule has 2 heterocycles. The molecule has 0 bridgehead atoms. The molecule has 4 rings (SSSR count). The first kappa shape index (κ1) is 30.2. The number of amides is 1. The van der Waals surface area contributed by atoms with Crippen molar-refractivity contribution < 1.29 is 18.5 Å². The number of carbonyl (C=O) groups excluding carboxylic acids is 1. The van der Waals surface area contributed by atoms with E-state index in [0.717, 1.165) is 56.1 Å². The van der Waals surface area contributed by atoms with Crippen molar-refractivity contribution in [1.29, 1.82) is 0 Å². The van der Waals surface area contributed by atoms with Crippen molar-refractivity contribution in [2.24, 2.45) is 4.36 Å². The number of hydrogen-bond acceptors (Lipinski definition) is 10. The molecular formula is C29H39N7O4S. The summed E-state index contributed by atoms with van der Waals surface area (Å²) < 4.78 is 27.3. The van der Waals surface area contributed by atoms with E-state index in [9.17, 15) is 9.00 Å². The Labute approximate surface area is 242 Å². The van der Waals surface area contributed by atoms with Crippen molar-refractivity contribution in [3.8, 4) is 16.9 Å². The first-order valence-electron chi connectivity index (χ1n) is 13.8. The summed E-state index contributed by atoms with van der Waals surface area (Å²) in [6, 6.07) is 14.8. The van der Waals surface area contributed by atoms with E-state index in [1.807, 2.05) is 37.3 Å². The summed E-state index contributed by atoms with van der Waals surface area (Å²) in [5, 5.41) is 6.72. The van der Waals surface area contributed by atoms with Crippen molar-refractivity contribution >= 4 is 33.3 Å². The lowest BCUT2D eigenvalue weighted by atomic mass is 10.1. The van der Waals surface area contributed by atoms with Crippen molar-refractivity contribution in [2.75, 3.05) is 76.4 Å². The Morgan fingerprint density at radius 1 is 1.07 bits per heavy atom. The van der Waals surface area contributed by atoms with E-state index in [1.165, 1.54) is 6.26 Å². The Kier molecular flexibility index (Phi) is 10.5. The third kappa shape index (κ3) is 8.62. The molecule has 2 aromatic carbocycles. The van der Waals surface area contributed by atoms with E-state index in [2.05, 4.69) is 36.8 Å². The minimum absolute atomic E-state index is 0.162. The molecule has 0 spiro atoms. The predicted molar refractivity (Wildman–Crippen MR) is 163 cm³/mol. The van der Waals surface area contributed by atoms with Crippen LogP contribution in [0.1, 0.15) is 13.8 Å². The summed E-state index contributed by atoms with van der Waals surface area (Å²) in [6.45, 7) is 10.2. The monoisotopic (exact) mass is 581 g/mol. The molecule has 1 saturated heterocycles. The van der Waals surface area contributed by atoms with Crippen LogP contribution in [0, 0.1) is 0 Å². The lowest BCUT2D eigenvalue weighted by Crippen LogP contribution is -2.45. The highest BCUT2D eigenvalue weighted by molar-refractivity contribution is 7.93. The van der Waals surface area contributed by atoms with Gasteiger partial charge in [0.25, 0.3) is 0 Å². The van der Waals surface area contributed by atoms with Gasteiger partial charge in [-0.1, -0.05) is 18.2 Å². The first-order chi connectivity index (χ1) is 19.8. The SMILES string of the molecule is CCOC(=O)N=[S@@](C)(=O)c1cccc(Nc2ncc(-c3ccc(OCC)cc3)c(NCCN3CCN(C)CC3)n2)c1. The highest BCUT2D eigenvalue weighted by Crippen LogP contribution is 2.29. The molecule has 1 atom stereocenters. The average Bonchev–Trinajstić information content (AvgIpc) is 2.95. The zero-order chi connectivity index (χ0) is 29.2. The van der Waals surface area contributed by atoms with Gasteiger partial charge in [-0.2, -0.15) is 4.98 Å². The molecule has 0 saturated carbocycles. The van der Waals surface area contributed by atoms with E-state index in [0.29, 0.717) is 29.0 Å². The van der Waals surface area contributed by atoms with Gasteiger partial charge in [0.15, 0.2) is 0 Å². The normalized spacial score (nSPS) is 15.5. The number of nitrogens with one attached hydrogen (secondary N) is 2. The number of aromatic nitrogens is 2. The van der Waals surface area contributed by atoms with Crippen LogP contribution < -0.4 is 15.4 Å². The molecular weight excluding hydrogens is 542 g/mol. The molecule has 0 aliphatic carbocycles. The van der Waals surface area contributed by atoms with Crippen LogP contribution in [0.15, 0.2) is 64.0 Å². The number of piperazine rings is 1. The molecule has 1 aliphatic heterocycles. The topological polar surface area (TPSA) is 121 Å². The molecule has 11 nitrogen and oxygen atoms in total. The summed E-state index contributed by atoms with van der Waals surface area (Å²) in [6.07, 6.45) is 2.35. The van der Waals surface area contributed by atoms with Crippen LogP contribution in [0.3, 0.4) is 0 Å². The second-order valence-electron chi connectivity index (χ2n) is 9.73. The summed E-state index contributed by atoms with van der Waals surface area (Å²) in [7, 11) is -0.841. The van der Waals surface area contributed by atoms with Gasteiger partial charge in [0.05, 0.1) is 22.9 Å². The largest absolute Gasteiger partial charge is 0.494 e. The number of rotatable bonds is 11. The zero-order valence-corrected chi connectivity index (χ0v) is 24.9. The number of anilines is 3.